The zero-order chi connectivity index (χ0) is 22.1. The smallest absolute Gasteiger partial charge is 0.245 e. The van der Waals surface area contributed by atoms with Crippen LogP contribution in [0.15, 0.2) is 24.8 Å². The summed E-state index contributed by atoms with van der Waals surface area (Å²) in [7, 11) is 4.62. The Hall–Kier alpha value is -3.15. The number of aliphatic hydroxyl groups excluding tert-OH is 2. The molecular weight excluding hydrogens is 408 g/mol. The van der Waals surface area contributed by atoms with Crippen LogP contribution >= 0.6 is 0 Å². The van der Waals surface area contributed by atoms with Gasteiger partial charge in [0.25, 0.3) is 0 Å². The Morgan fingerprint density at radius 2 is 1.71 bits per heavy atom. The minimum Gasteiger partial charge on any atom is -0.493 e. The van der Waals surface area contributed by atoms with E-state index in [0.717, 1.165) is 5.56 Å². The van der Waals surface area contributed by atoms with E-state index in [1.54, 1.807) is 37.8 Å². The van der Waals surface area contributed by atoms with Crippen molar-refractivity contribution in [1.82, 2.24) is 19.5 Å². The van der Waals surface area contributed by atoms with E-state index in [1.807, 2.05) is 0 Å². The van der Waals surface area contributed by atoms with Crippen LogP contribution in [0, 0.1) is 0 Å². The first-order valence-electron chi connectivity index (χ1n) is 9.59. The molecule has 1 saturated heterocycles. The summed E-state index contributed by atoms with van der Waals surface area (Å²) in [4.78, 5) is 12.7. The Balaban J connectivity index is 1.60. The molecule has 0 radical (unpaired) electrons. The summed E-state index contributed by atoms with van der Waals surface area (Å²) in [6, 6.07) is 3.56. The molecule has 4 atom stereocenters. The van der Waals surface area contributed by atoms with E-state index in [2.05, 4.69) is 15.0 Å². The van der Waals surface area contributed by atoms with Crippen LogP contribution < -0.4 is 18.9 Å². The topological polar surface area (TPSA) is 130 Å². The van der Waals surface area contributed by atoms with E-state index >= 15 is 0 Å². The minimum atomic E-state index is -1.11. The van der Waals surface area contributed by atoms with Gasteiger partial charge < -0.3 is 33.9 Å². The predicted octanol–water partition coefficient (Wildman–Crippen LogP) is 1.07. The molecule has 0 unspecified atom stereocenters. The van der Waals surface area contributed by atoms with Crippen LogP contribution in [0.2, 0.25) is 0 Å². The maximum absolute atomic E-state index is 10.3. The van der Waals surface area contributed by atoms with Crippen molar-refractivity contribution in [2.45, 2.75) is 38.1 Å². The Labute approximate surface area is 178 Å². The van der Waals surface area contributed by atoms with Gasteiger partial charge in [-0.3, -0.25) is 4.57 Å². The van der Waals surface area contributed by atoms with E-state index in [9.17, 15) is 10.2 Å². The van der Waals surface area contributed by atoms with Gasteiger partial charge in [-0.05, 0) is 24.6 Å². The maximum atomic E-state index is 10.3. The zero-order valence-corrected chi connectivity index (χ0v) is 17.6. The van der Waals surface area contributed by atoms with E-state index < -0.39 is 24.5 Å². The molecule has 0 saturated carbocycles. The lowest BCUT2D eigenvalue weighted by molar-refractivity contribution is -0.0299. The van der Waals surface area contributed by atoms with Gasteiger partial charge in [0.15, 0.2) is 28.9 Å². The molecule has 0 amide bonds. The minimum absolute atomic E-state index is 0.161. The predicted molar refractivity (Wildman–Crippen MR) is 107 cm³/mol. The molecule has 1 aliphatic heterocycles. The number of hydrogen-bond acceptors (Lipinski definition) is 10. The average Bonchev–Trinajstić information content (AvgIpc) is 3.33. The lowest BCUT2D eigenvalue weighted by Crippen LogP contribution is -2.30. The van der Waals surface area contributed by atoms with Crippen molar-refractivity contribution in [1.29, 1.82) is 0 Å². The van der Waals surface area contributed by atoms with Crippen molar-refractivity contribution in [3.8, 4) is 23.1 Å². The standard InChI is InChI=1S/C20H24N4O7/c1-10-15(25)16(26)20(31-10)24-9-23-14-18(24)21-8-22-19(14)30-7-11-5-12(27-2)17(29-4)13(6-11)28-3/h5-6,8-10,15-16,20,25-26H,7H2,1-4H3/t10-,15-,16-,20-/m1/s1. The molecule has 2 aromatic heterocycles. The van der Waals surface area contributed by atoms with Gasteiger partial charge in [-0.25, -0.2) is 9.97 Å². The fraction of sp³-hybridized carbons (Fsp3) is 0.450. The Kier molecular flexibility index (Phi) is 5.81. The molecule has 0 aliphatic carbocycles. The summed E-state index contributed by atoms with van der Waals surface area (Å²) in [5.41, 5.74) is 1.59. The van der Waals surface area contributed by atoms with Gasteiger partial charge in [0, 0.05) is 0 Å². The molecule has 11 nitrogen and oxygen atoms in total. The first-order chi connectivity index (χ1) is 15.0. The van der Waals surface area contributed by atoms with Crippen LogP contribution in [0.5, 0.6) is 23.1 Å². The van der Waals surface area contributed by atoms with Crippen LogP contribution in [0.1, 0.15) is 18.7 Å². The highest BCUT2D eigenvalue weighted by atomic mass is 16.6. The van der Waals surface area contributed by atoms with Crippen LogP contribution in [0.4, 0.5) is 0 Å². The number of ether oxygens (including phenoxy) is 5. The van der Waals surface area contributed by atoms with Crippen LogP contribution in [-0.2, 0) is 11.3 Å². The van der Waals surface area contributed by atoms with Crippen LogP contribution in [0.25, 0.3) is 11.2 Å². The number of aliphatic hydroxyl groups is 2. The average molecular weight is 432 g/mol. The normalized spacial score (nSPS) is 23.2. The van der Waals surface area contributed by atoms with Crippen molar-refractivity contribution in [3.05, 3.63) is 30.4 Å². The second kappa shape index (κ2) is 8.53. The van der Waals surface area contributed by atoms with Crippen molar-refractivity contribution in [3.63, 3.8) is 0 Å². The van der Waals surface area contributed by atoms with E-state index in [0.29, 0.717) is 28.4 Å². The number of hydrogen-bond donors (Lipinski definition) is 2. The summed E-state index contributed by atoms with van der Waals surface area (Å²) < 4.78 is 29.2. The van der Waals surface area contributed by atoms with Gasteiger partial charge in [0.05, 0.1) is 33.8 Å². The molecule has 2 N–H and O–H groups in total. The van der Waals surface area contributed by atoms with Gasteiger partial charge in [-0.1, -0.05) is 0 Å². The number of benzene rings is 1. The zero-order valence-electron chi connectivity index (χ0n) is 17.6. The quantitative estimate of drug-likeness (QED) is 0.559. The highest BCUT2D eigenvalue weighted by Gasteiger charge is 2.42. The summed E-state index contributed by atoms with van der Waals surface area (Å²) in [6.45, 7) is 1.85. The van der Waals surface area contributed by atoms with Gasteiger partial charge in [0.2, 0.25) is 11.6 Å². The number of methoxy groups -OCH3 is 3. The lowest BCUT2D eigenvalue weighted by atomic mass is 10.1. The van der Waals surface area contributed by atoms with E-state index in [-0.39, 0.29) is 12.5 Å². The van der Waals surface area contributed by atoms with Crippen LogP contribution in [0.3, 0.4) is 0 Å². The second-order valence-electron chi connectivity index (χ2n) is 7.04. The molecular formula is C20H24N4O7. The highest BCUT2D eigenvalue weighted by Crippen LogP contribution is 2.38. The lowest BCUT2D eigenvalue weighted by Gasteiger charge is -2.16. The third-order valence-electron chi connectivity index (χ3n) is 5.18. The first-order valence-corrected chi connectivity index (χ1v) is 9.59. The highest BCUT2D eigenvalue weighted by molar-refractivity contribution is 5.76. The fourth-order valence-electron chi connectivity index (χ4n) is 3.55. The van der Waals surface area contributed by atoms with Gasteiger partial charge in [-0.15, -0.1) is 0 Å². The third-order valence-corrected chi connectivity index (χ3v) is 5.18. The van der Waals surface area contributed by atoms with Gasteiger partial charge >= 0.3 is 0 Å². The number of nitrogens with zero attached hydrogens (tertiary/aromatic N) is 4. The van der Waals surface area contributed by atoms with Crippen LogP contribution in [-0.4, -0.2) is 69.4 Å². The second-order valence-corrected chi connectivity index (χ2v) is 7.04. The maximum Gasteiger partial charge on any atom is 0.245 e. The SMILES string of the molecule is COc1cc(COc2ncnc3c2ncn3[C@@H]2O[C@H](C)[C@@H](O)[C@H]2O)cc(OC)c1OC. The molecule has 3 aromatic rings. The molecule has 166 valence electrons. The Bertz CT molecular complexity index is 1050. The molecule has 0 spiro atoms. The van der Waals surface area contributed by atoms with E-state index in [1.165, 1.54) is 19.8 Å². The van der Waals surface area contributed by atoms with Gasteiger partial charge in [0.1, 0.15) is 25.1 Å². The van der Waals surface area contributed by atoms with Gasteiger partial charge in [-0.2, -0.15) is 4.98 Å². The molecule has 1 aliphatic rings. The molecule has 3 heterocycles. The summed E-state index contributed by atoms with van der Waals surface area (Å²) >= 11 is 0. The first kappa shape index (κ1) is 21.1. The largest absolute Gasteiger partial charge is 0.493 e. The molecule has 1 fully saturated rings. The summed E-state index contributed by atoms with van der Waals surface area (Å²) in [6.07, 6.45) is -0.620. The monoisotopic (exact) mass is 432 g/mol. The summed E-state index contributed by atoms with van der Waals surface area (Å²) in [5, 5.41) is 20.3. The fourth-order valence-corrected chi connectivity index (χ4v) is 3.55. The molecule has 11 heteroatoms. The van der Waals surface area contributed by atoms with E-state index in [4.69, 9.17) is 23.7 Å². The number of rotatable bonds is 7. The molecule has 0 bridgehead atoms. The van der Waals surface area contributed by atoms with Crippen molar-refractivity contribution >= 4 is 11.2 Å². The molecule has 1 aromatic carbocycles. The van der Waals surface area contributed by atoms with Crippen molar-refractivity contribution in [2.75, 3.05) is 21.3 Å². The number of aromatic nitrogens is 4. The Morgan fingerprint density at radius 3 is 2.29 bits per heavy atom. The Morgan fingerprint density at radius 1 is 1.00 bits per heavy atom. The van der Waals surface area contributed by atoms with Crippen molar-refractivity contribution in [2.24, 2.45) is 0 Å². The molecule has 4 rings (SSSR count). The number of imidazole rings is 1. The third kappa shape index (κ3) is 3.71. The van der Waals surface area contributed by atoms with Crippen molar-refractivity contribution < 1.29 is 33.9 Å². The molecule has 31 heavy (non-hydrogen) atoms. The summed E-state index contributed by atoms with van der Waals surface area (Å²) in [5.74, 6) is 1.78. The number of fused-ring (bicyclic) bond motifs is 1.